The second-order valence-electron chi connectivity index (χ2n) is 2.30. The van der Waals surface area contributed by atoms with Crippen LogP contribution in [0.25, 0.3) is 0 Å². The Balaban J connectivity index is 2.95. The van der Waals surface area contributed by atoms with E-state index in [2.05, 4.69) is 25.7 Å². The summed E-state index contributed by atoms with van der Waals surface area (Å²) in [4.78, 5) is 25.5. The van der Waals surface area contributed by atoms with Crippen LogP contribution in [-0.2, 0) is 16.0 Å². The lowest BCUT2D eigenvalue weighted by atomic mass is 10.3. The Labute approximate surface area is 91.8 Å². The molecular formula is C7H6BrNO4S. The molecule has 5 nitrogen and oxygen atoms in total. The van der Waals surface area contributed by atoms with Crippen molar-refractivity contribution in [3.05, 3.63) is 14.5 Å². The number of carbonyl (C=O) groups excluding carboxylic acids is 1. The number of rotatable bonds is 3. The summed E-state index contributed by atoms with van der Waals surface area (Å²) < 4.78 is 4.85. The Kier molecular flexibility index (Phi) is 3.59. The number of aromatic carboxylic acids is 1. The van der Waals surface area contributed by atoms with Gasteiger partial charge in [-0.2, -0.15) is 0 Å². The lowest BCUT2D eigenvalue weighted by molar-refractivity contribution is -0.139. The maximum absolute atomic E-state index is 10.9. The summed E-state index contributed by atoms with van der Waals surface area (Å²) >= 11 is 4.03. The molecule has 0 unspecified atom stereocenters. The van der Waals surface area contributed by atoms with E-state index >= 15 is 0 Å². The summed E-state index contributed by atoms with van der Waals surface area (Å²) in [6, 6.07) is 0. The van der Waals surface area contributed by atoms with Crippen LogP contribution in [0.15, 0.2) is 3.92 Å². The number of carboxylic acid groups (broad SMARTS) is 1. The van der Waals surface area contributed by atoms with Crippen LogP contribution in [-0.4, -0.2) is 29.1 Å². The van der Waals surface area contributed by atoms with Gasteiger partial charge in [0.1, 0.15) is 4.88 Å². The molecule has 14 heavy (non-hydrogen) atoms. The molecule has 0 fully saturated rings. The van der Waals surface area contributed by atoms with E-state index in [9.17, 15) is 9.59 Å². The number of carbonyl (C=O) groups is 2. The first kappa shape index (κ1) is 11.1. The Morgan fingerprint density at radius 1 is 1.64 bits per heavy atom. The number of thiazole rings is 1. The van der Waals surface area contributed by atoms with Crippen LogP contribution in [0.5, 0.6) is 0 Å². The third kappa shape index (κ3) is 2.52. The van der Waals surface area contributed by atoms with Crippen LogP contribution in [0, 0.1) is 0 Å². The molecule has 0 aromatic carbocycles. The molecule has 0 spiro atoms. The van der Waals surface area contributed by atoms with E-state index in [0.717, 1.165) is 11.3 Å². The van der Waals surface area contributed by atoms with E-state index in [-0.39, 0.29) is 17.0 Å². The van der Waals surface area contributed by atoms with E-state index in [0.29, 0.717) is 3.92 Å². The quantitative estimate of drug-likeness (QED) is 0.845. The fourth-order valence-corrected chi connectivity index (χ4v) is 2.17. The molecule has 0 aliphatic heterocycles. The van der Waals surface area contributed by atoms with Gasteiger partial charge < -0.3 is 9.84 Å². The Morgan fingerprint density at radius 2 is 2.29 bits per heavy atom. The van der Waals surface area contributed by atoms with E-state index in [4.69, 9.17) is 5.11 Å². The number of ether oxygens (including phenoxy) is 1. The number of halogens is 1. The van der Waals surface area contributed by atoms with Gasteiger partial charge in [0.05, 0.1) is 19.2 Å². The van der Waals surface area contributed by atoms with Crippen LogP contribution in [0.4, 0.5) is 0 Å². The van der Waals surface area contributed by atoms with Crippen molar-refractivity contribution in [3.63, 3.8) is 0 Å². The molecule has 76 valence electrons. The fourth-order valence-electron chi connectivity index (χ4n) is 0.819. The number of esters is 1. The van der Waals surface area contributed by atoms with Gasteiger partial charge in [-0.15, -0.1) is 0 Å². The zero-order chi connectivity index (χ0) is 10.7. The molecule has 0 radical (unpaired) electrons. The molecule has 7 heteroatoms. The van der Waals surface area contributed by atoms with Crippen molar-refractivity contribution in [2.75, 3.05) is 7.11 Å². The van der Waals surface area contributed by atoms with Crippen molar-refractivity contribution < 1.29 is 19.4 Å². The summed E-state index contributed by atoms with van der Waals surface area (Å²) in [5.41, 5.74) is 0.223. The molecule has 0 aliphatic carbocycles. The van der Waals surface area contributed by atoms with E-state index in [1.807, 2.05) is 0 Å². The summed E-state index contributed by atoms with van der Waals surface area (Å²) in [7, 11) is 1.24. The van der Waals surface area contributed by atoms with Gasteiger partial charge in [0.15, 0.2) is 3.92 Å². The lowest BCUT2D eigenvalue weighted by Gasteiger charge is -1.96. The molecular weight excluding hydrogens is 274 g/mol. The molecule has 0 bridgehead atoms. The standard InChI is InChI=1S/C7H6BrNO4S/c1-13-4(10)2-3-5(6(11)12)14-7(8)9-3/h2H2,1H3,(H,11,12). The summed E-state index contributed by atoms with van der Waals surface area (Å²) in [6.07, 6.45) is -0.125. The van der Waals surface area contributed by atoms with Crippen molar-refractivity contribution in [1.29, 1.82) is 0 Å². The average Bonchev–Trinajstić information content (AvgIpc) is 2.46. The topological polar surface area (TPSA) is 76.5 Å². The number of nitrogens with zero attached hydrogens (tertiary/aromatic N) is 1. The second-order valence-corrected chi connectivity index (χ2v) is 4.58. The number of hydrogen-bond donors (Lipinski definition) is 1. The molecule has 1 heterocycles. The van der Waals surface area contributed by atoms with Gasteiger partial charge in [-0.05, 0) is 15.9 Å². The number of aromatic nitrogens is 1. The highest BCUT2D eigenvalue weighted by Crippen LogP contribution is 2.23. The SMILES string of the molecule is COC(=O)Cc1nc(Br)sc1C(=O)O. The van der Waals surface area contributed by atoms with Crippen LogP contribution < -0.4 is 0 Å². The van der Waals surface area contributed by atoms with E-state index in [1.54, 1.807) is 0 Å². The molecule has 1 rings (SSSR count). The molecule has 1 aromatic heterocycles. The van der Waals surface area contributed by atoms with Gasteiger partial charge in [0.2, 0.25) is 0 Å². The van der Waals surface area contributed by atoms with Gasteiger partial charge >= 0.3 is 11.9 Å². The van der Waals surface area contributed by atoms with Crippen molar-refractivity contribution >= 4 is 39.2 Å². The first-order valence-corrected chi connectivity index (χ1v) is 5.11. The molecule has 0 saturated heterocycles. The monoisotopic (exact) mass is 279 g/mol. The molecule has 0 amide bonds. The van der Waals surface area contributed by atoms with Crippen LogP contribution in [0.1, 0.15) is 15.4 Å². The molecule has 1 aromatic rings. The van der Waals surface area contributed by atoms with Gasteiger partial charge in [0.25, 0.3) is 0 Å². The predicted octanol–water partition coefficient (Wildman–Crippen LogP) is 1.32. The molecule has 0 atom stereocenters. The van der Waals surface area contributed by atoms with E-state index < -0.39 is 11.9 Å². The van der Waals surface area contributed by atoms with Crippen molar-refractivity contribution in [2.45, 2.75) is 6.42 Å². The predicted molar refractivity (Wildman–Crippen MR) is 52.5 cm³/mol. The minimum Gasteiger partial charge on any atom is -0.477 e. The lowest BCUT2D eigenvalue weighted by Crippen LogP contribution is -2.08. The van der Waals surface area contributed by atoms with Gasteiger partial charge in [-0.25, -0.2) is 9.78 Å². The molecule has 0 aliphatic rings. The van der Waals surface area contributed by atoms with Gasteiger partial charge in [-0.3, -0.25) is 4.79 Å². The zero-order valence-corrected chi connectivity index (χ0v) is 9.51. The number of methoxy groups -OCH3 is 1. The zero-order valence-electron chi connectivity index (χ0n) is 7.11. The molecule has 0 saturated carbocycles. The van der Waals surface area contributed by atoms with Gasteiger partial charge in [0, 0.05) is 0 Å². The van der Waals surface area contributed by atoms with E-state index in [1.165, 1.54) is 7.11 Å². The highest BCUT2D eigenvalue weighted by Gasteiger charge is 2.18. The Morgan fingerprint density at radius 3 is 2.79 bits per heavy atom. The summed E-state index contributed by atoms with van der Waals surface area (Å²) in [5.74, 6) is -1.60. The van der Waals surface area contributed by atoms with Crippen LogP contribution in [0.3, 0.4) is 0 Å². The fraction of sp³-hybridized carbons (Fsp3) is 0.286. The maximum atomic E-state index is 10.9. The van der Waals surface area contributed by atoms with Crippen LogP contribution in [0.2, 0.25) is 0 Å². The third-order valence-electron chi connectivity index (χ3n) is 1.40. The smallest absolute Gasteiger partial charge is 0.347 e. The number of carboxylic acids is 1. The minimum absolute atomic E-state index is 0.0577. The summed E-state index contributed by atoms with van der Waals surface area (Å²) in [5, 5.41) is 8.76. The number of hydrogen-bond acceptors (Lipinski definition) is 5. The molecule has 1 N–H and O–H groups in total. The van der Waals surface area contributed by atoms with Crippen LogP contribution >= 0.6 is 27.3 Å². The third-order valence-corrected chi connectivity index (χ3v) is 2.94. The average molecular weight is 280 g/mol. The summed E-state index contributed by atoms with van der Waals surface area (Å²) in [6.45, 7) is 0. The minimum atomic E-state index is -1.09. The Hall–Kier alpha value is -0.950. The normalized spacial score (nSPS) is 9.86. The Bertz CT molecular complexity index is 376. The van der Waals surface area contributed by atoms with Crippen molar-refractivity contribution in [2.24, 2.45) is 0 Å². The largest absolute Gasteiger partial charge is 0.477 e. The van der Waals surface area contributed by atoms with Crippen molar-refractivity contribution in [1.82, 2.24) is 4.98 Å². The van der Waals surface area contributed by atoms with Gasteiger partial charge in [-0.1, -0.05) is 11.3 Å². The first-order chi connectivity index (χ1) is 6.54. The first-order valence-electron chi connectivity index (χ1n) is 3.50. The van der Waals surface area contributed by atoms with Crippen molar-refractivity contribution in [3.8, 4) is 0 Å². The highest BCUT2D eigenvalue weighted by molar-refractivity contribution is 9.11. The maximum Gasteiger partial charge on any atom is 0.347 e. The highest BCUT2D eigenvalue weighted by atomic mass is 79.9. The second kappa shape index (κ2) is 4.52.